The first-order valence-corrected chi connectivity index (χ1v) is 7.02. The predicted octanol–water partition coefficient (Wildman–Crippen LogP) is 2.31. The van der Waals surface area contributed by atoms with Crippen LogP contribution in [-0.4, -0.2) is 32.5 Å². The molecule has 1 aromatic heterocycles. The van der Waals surface area contributed by atoms with Gasteiger partial charge in [-0.1, -0.05) is 24.4 Å². The number of likely N-dealkylation sites (tertiary alicyclic amines) is 1. The molecule has 0 saturated carbocycles. The second-order valence-corrected chi connectivity index (χ2v) is 5.65. The first-order valence-electron chi connectivity index (χ1n) is 6.61. The summed E-state index contributed by atoms with van der Waals surface area (Å²) in [6, 6.07) is 8.14. The lowest BCUT2D eigenvalue weighted by molar-refractivity contribution is 0.269. The van der Waals surface area contributed by atoms with Gasteiger partial charge in [0.1, 0.15) is 0 Å². The summed E-state index contributed by atoms with van der Waals surface area (Å²) < 4.78 is 1.91. The van der Waals surface area contributed by atoms with Gasteiger partial charge in [0.05, 0.1) is 16.0 Å². The first-order chi connectivity index (χ1) is 9.16. The summed E-state index contributed by atoms with van der Waals surface area (Å²) in [6.45, 7) is 3.84. The number of para-hydroxylation sites is 2. The Morgan fingerprint density at radius 3 is 2.68 bits per heavy atom. The van der Waals surface area contributed by atoms with Crippen molar-refractivity contribution in [1.29, 1.82) is 0 Å². The van der Waals surface area contributed by atoms with Crippen LogP contribution in [0.15, 0.2) is 29.1 Å². The molecule has 0 aliphatic carbocycles. The van der Waals surface area contributed by atoms with Crippen molar-refractivity contribution < 1.29 is 0 Å². The lowest BCUT2D eigenvalue weighted by Crippen LogP contribution is -2.38. The predicted molar refractivity (Wildman–Crippen MR) is 80.7 cm³/mol. The average Bonchev–Trinajstić information content (AvgIpc) is 2.74. The van der Waals surface area contributed by atoms with Crippen molar-refractivity contribution in [2.75, 3.05) is 13.1 Å². The van der Waals surface area contributed by atoms with Crippen molar-refractivity contribution in [3.8, 4) is 0 Å². The normalized spacial score (nSPS) is 17.0. The zero-order valence-electron chi connectivity index (χ0n) is 10.9. The van der Waals surface area contributed by atoms with Crippen LogP contribution in [0.4, 0.5) is 0 Å². The molecule has 1 aromatic carbocycles. The monoisotopic (exact) mass is 275 g/mol. The van der Waals surface area contributed by atoms with Crippen LogP contribution in [0.5, 0.6) is 0 Å². The molecular formula is C14H17N3OS. The van der Waals surface area contributed by atoms with Crippen LogP contribution in [0.1, 0.15) is 25.8 Å². The number of aromatic nitrogens is 2. The zero-order valence-corrected chi connectivity index (χ0v) is 11.7. The number of piperidine rings is 1. The van der Waals surface area contributed by atoms with E-state index in [0.717, 1.165) is 42.0 Å². The van der Waals surface area contributed by atoms with E-state index in [9.17, 15) is 4.79 Å². The SMILES string of the molecule is CC(=S)N1CCC(n2c(=O)[nH]c3ccccc32)CC1. The van der Waals surface area contributed by atoms with Gasteiger partial charge in [-0.15, -0.1) is 0 Å². The van der Waals surface area contributed by atoms with Crippen LogP contribution < -0.4 is 5.69 Å². The minimum atomic E-state index is -0.00118. The summed E-state index contributed by atoms with van der Waals surface area (Å²) in [7, 11) is 0. The van der Waals surface area contributed by atoms with E-state index >= 15 is 0 Å². The van der Waals surface area contributed by atoms with Crippen LogP contribution in [0, 0.1) is 0 Å². The van der Waals surface area contributed by atoms with Gasteiger partial charge in [-0.3, -0.25) is 4.57 Å². The van der Waals surface area contributed by atoms with Crippen LogP contribution in [0.25, 0.3) is 11.0 Å². The lowest BCUT2D eigenvalue weighted by Gasteiger charge is -2.33. The fraction of sp³-hybridized carbons (Fsp3) is 0.429. The molecule has 0 bridgehead atoms. The second-order valence-electron chi connectivity index (χ2n) is 5.05. The molecular weight excluding hydrogens is 258 g/mol. The number of fused-ring (bicyclic) bond motifs is 1. The molecule has 19 heavy (non-hydrogen) atoms. The van der Waals surface area contributed by atoms with E-state index in [1.54, 1.807) is 0 Å². The number of thiocarbonyl (C=S) groups is 1. The maximum atomic E-state index is 12.1. The third-order valence-corrected chi connectivity index (χ3v) is 4.16. The zero-order chi connectivity index (χ0) is 13.4. The van der Waals surface area contributed by atoms with Gasteiger partial charge in [0.15, 0.2) is 0 Å². The van der Waals surface area contributed by atoms with Crippen LogP contribution >= 0.6 is 12.2 Å². The maximum Gasteiger partial charge on any atom is 0.326 e. The number of aromatic amines is 1. The molecule has 1 saturated heterocycles. The molecule has 0 spiro atoms. The van der Waals surface area contributed by atoms with E-state index in [-0.39, 0.29) is 11.7 Å². The molecule has 1 aliphatic rings. The van der Waals surface area contributed by atoms with Crippen LogP contribution in [0.2, 0.25) is 0 Å². The highest BCUT2D eigenvalue weighted by Crippen LogP contribution is 2.24. The lowest BCUT2D eigenvalue weighted by atomic mass is 10.0. The molecule has 100 valence electrons. The summed E-state index contributed by atoms with van der Waals surface area (Å²) in [5.41, 5.74) is 1.92. The Morgan fingerprint density at radius 1 is 1.32 bits per heavy atom. The van der Waals surface area contributed by atoms with Gasteiger partial charge in [0.25, 0.3) is 0 Å². The molecule has 4 nitrogen and oxygen atoms in total. The van der Waals surface area contributed by atoms with Gasteiger partial charge in [-0.05, 0) is 31.9 Å². The van der Waals surface area contributed by atoms with Gasteiger partial charge in [0, 0.05) is 19.1 Å². The van der Waals surface area contributed by atoms with E-state index in [0.29, 0.717) is 0 Å². The maximum absolute atomic E-state index is 12.1. The Labute approximate surface area is 117 Å². The van der Waals surface area contributed by atoms with Gasteiger partial charge < -0.3 is 9.88 Å². The molecule has 1 N–H and O–H groups in total. The number of imidazole rings is 1. The Hall–Kier alpha value is -1.62. The van der Waals surface area contributed by atoms with Crippen molar-refractivity contribution in [3.05, 3.63) is 34.7 Å². The van der Waals surface area contributed by atoms with E-state index in [1.807, 2.05) is 35.8 Å². The molecule has 5 heteroatoms. The highest BCUT2D eigenvalue weighted by Gasteiger charge is 2.23. The van der Waals surface area contributed by atoms with Crippen molar-refractivity contribution >= 4 is 28.2 Å². The second kappa shape index (κ2) is 4.81. The molecule has 0 amide bonds. The Morgan fingerprint density at radius 2 is 2.00 bits per heavy atom. The molecule has 3 rings (SSSR count). The third-order valence-electron chi connectivity index (χ3n) is 3.90. The Bertz CT molecular complexity index is 665. The average molecular weight is 275 g/mol. The highest BCUT2D eigenvalue weighted by atomic mass is 32.1. The molecule has 0 atom stereocenters. The van der Waals surface area contributed by atoms with Crippen molar-refractivity contribution in [2.24, 2.45) is 0 Å². The van der Waals surface area contributed by atoms with Gasteiger partial charge in [-0.2, -0.15) is 0 Å². The molecule has 2 aromatic rings. The topological polar surface area (TPSA) is 41.0 Å². The van der Waals surface area contributed by atoms with Crippen LogP contribution in [-0.2, 0) is 0 Å². The standard InChI is InChI=1S/C14H17N3OS/c1-10(19)16-8-6-11(7-9-16)17-13-5-3-2-4-12(13)15-14(17)18/h2-5,11H,6-9H2,1H3,(H,15,18). The smallest absolute Gasteiger partial charge is 0.326 e. The molecule has 1 fully saturated rings. The number of hydrogen-bond acceptors (Lipinski definition) is 2. The molecule has 2 heterocycles. The molecule has 0 radical (unpaired) electrons. The molecule has 1 aliphatic heterocycles. The van der Waals surface area contributed by atoms with Gasteiger partial charge in [0.2, 0.25) is 0 Å². The minimum Gasteiger partial charge on any atom is -0.366 e. The van der Waals surface area contributed by atoms with E-state index in [2.05, 4.69) is 9.88 Å². The summed E-state index contributed by atoms with van der Waals surface area (Å²) in [5, 5.41) is 0. The van der Waals surface area contributed by atoms with Crippen molar-refractivity contribution in [3.63, 3.8) is 0 Å². The van der Waals surface area contributed by atoms with E-state index in [1.165, 1.54) is 0 Å². The van der Waals surface area contributed by atoms with E-state index in [4.69, 9.17) is 12.2 Å². The van der Waals surface area contributed by atoms with Gasteiger partial charge >= 0.3 is 5.69 Å². The van der Waals surface area contributed by atoms with Gasteiger partial charge in [-0.25, -0.2) is 4.79 Å². The fourth-order valence-electron chi connectivity index (χ4n) is 2.88. The fourth-order valence-corrected chi connectivity index (χ4v) is 3.06. The Kier molecular flexibility index (Phi) is 3.14. The quantitative estimate of drug-likeness (QED) is 0.812. The largest absolute Gasteiger partial charge is 0.366 e. The number of hydrogen-bond donors (Lipinski definition) is 1. The van der Waals surface area contributed by atoms with Crippen molar-refractivity contribution in [1.82, 2.24) is 14.5 Å². The third kappa shape index (κ3) is 2.18. The summed E-state index contributed by atoms with van der Waals surface area (Å²) in [5.74, 6) is 0. The Balaban J connectivity index is 1.92. The summed E-state index contributed by atoms with van der Waals surface area (Å²) in [4.78, 5) is 18.2. The first kappa shape index (κ1) is 12.4. The van der Waals surface area contributed by atoms with E-state index < -0.39 is 0 Å². The number of H-pyrrole nitrogens is 1. The minimum absolute atomic E-state index is 0.00118. The highest BCUT2D eigenvalue weighted by molar-refractivity contribution is 7.80. The number of rotatable bonds is 1. The molecule has 0 unspecified atom stereocenters. The number of nitrogens with zero attached hydrogens (tertiary/aromatic N) is 2. The summed E-state index contributed by atoms with van der Waals surface area (Å²) >= 11 is 5.21. The van der Waals surface area contributed by atoms with Crippen molar-refractivity contribution in [2.45, 2.75) is 25.8 Å². The van der Waals surface area contributed by atoms with Crippen LogP contribution in [0.3, 0.4) is 0 Å². The summed E-state index contributed by atoms with van der Waals surface area (Å²) in [6.07, 6.45) is 1.94. The number of nitrogens with one attached hydrogen (secondary N) is 1. The number of benzene rings is 1.